The van der Waals surface area contributed by atoms with Gasteiger partial charge in [-0.3, -0.25) is 10.1 Å². The first-order chi connectivity index (χ1) is 7.65. The van der Waals surface area contributed by atoms with E-state index in [1.807, 2.05) is 6.07 Å². The van der Waals surface area contributed by atoms with E-state index in [0.717, 1.165) is 18.4 Å². The number of nitrogens with zero attached hydrogens (tertiary/aromatic N) is 1. The predicted octanol–water partition coefficient (Wildman–Crippen LogP) is 1.21. The number of aliphatic hydroxyl groups excluding tert-OH is 1. The molecule has 0 unspecified atom stereocenters. The zero-order valence-corrected chi connectivity index (χ0v) is 8.80. The van der Waals surface area contributed by atoms with Gasteiger partial charge in [-0.15, -0.1) is 0 Å². The highest BCUT2D eigenvalue weighted by Gasteiger charge is 2.26. The summed E-state index contributed by atoms with van der Waals surface area (Å²) in [6.45, 7) is 0.610. The van der Waals surface area contributed by atoms with Gasteiger partial charge in [-0.2, -0.15) is 0 Å². The third-order valence-electron chi connectivity index (χ3n) is 2.83. The van der Waals surface area contributed by atoms with Gasteiger partial charge in [0.15, 0.2) is 0 Å². The quantitative estimate of drug-likeness (QED) is 0.593. The molecule has 1 saturated carbocycles. The van der Waals surface area contributed by atoms with Crippen LogP contribution in [0, 0.1) is 10.1 Å². The highest BCUT2D eigenvalue weighted by molar-refractivity contribution is 5.34. The third kappa shape index (κ3) is 2.56. The van der Waals surface area contributed by atoms with Gasteiger partial charge < -0.3 is 10.4 Å². The van der Waals surface area contributed by atoms with Gasteiger partial charge in [-0.25, -0.2) is 0 Å². The number of benzene rings is 1. The minimum atomic E-state index is -0.392. The maximum atomic E-state index is 10.6. The van der Waals surface area contributed by atoms with Gasteiger partial charge in [0.05, 0.1) is 11.0 Å². The van der Waals surface area contributed by atoms with Crippen LogP contribution in [0.4, 0.5) is 5.69 Å². The fourth-order valence-electron chi connectivity index (χ4n) is 1.80. The Morgan fingerprint density at radius 2 is 2.25 bits per heavy atom. The summed E-state index contributed by atoms with van der Waals surface area (Å²) in [7, 11) is 0. The molecule has 0 radical (unpaired) electrons. The molecule has 0 amide bonds. The second-order valence-electron chi connectivity index (χ2n) is 4.13. The first kappa shape index (κ1) is 11.0. The zero-order chi connectivity index (χ0) is 11.5. The van der Waals surface area contributed by atoms with Gasteiger partial charge in [-0.1, -0.05) is 12.1 Å². The highest BCUT2D eigenvalue weighted by atomic mass is 16.6. The molecule has 0 bridgehead atoms. The van der Waals surface area contributed by atoms with Gasteiger partial charge >= 0.3 is 0 Å². The first-order valence-corrected chi connectivity index (χ1v) is 5.30. The Hall–Kier alpha value is -1.46. The topological polar surface area (TPSA) is 75.4 Å². The largest absolute Gasteiger partial charge is 0.393 e. The van der Waals surface area contributed by atoms with Crippen LogP contribution < -0.4 is 5.32 Å². The van der Waals surface area contributed by atoms with Gasteiger partial charge in [0.2, 0.25) is 0 Å². The molecule has 5 nitrogen and oxygen atoms in total. The van der Waals surface area contributed by atoms with Crippen molar-refractivity contribution in [3.63, 3.8) is 0 Å². The molecule has 0 aromatic heterocycles. The smallest absolute Gasteiger partial charge is 0.269 e. The van der Waals surface area contributed by atoms with Gasteiger partial charge in [0.25, 0.3) is 5.69 Å². The van der Waals surface area contributed by atoms with Crippen LogP contribution in [0.15, 0.2) is 24.3 Å². The summed E-state index contributed by atoms with van der Waals surface area (Å²) in [6, 6.07) is 6.94. The van der Waals surface area contributed by atoms with E-state index in [-0.39, 0.29) is 11.8 Å². The van der Waals surface area contributed by atoms with E-state index in [9.17, 15) is 10.1 Å². The molecule has 1 aliphatic rings. The lowest BCUT2D eigenvalue weighted by Crippen LogP contribution is -2.43. The van der Waals surface area contributed by atoms with E-state index >= 15 is 0 Å². The van der Waals surface area contributed by atoms with Crippen molar-refractivity contribution in [2.75, 3.05) is 0 Å². The molecule has 1 aliphatic carbocycles. The number of hydrogen-bond acceptors (Lipinski definition) is 4. The van der Waals surface area contributed by atoms with Crippen LogP contribution in [0.3, 0.4) is 0 Å². The van der Waals surface area contributed by atoms with Crippen LogP contribution in [0.1, 0.15) is 18.4 Å². The Morgan fingerprint density at radius 1 is 1.50 bits per heavy atom. The number of nitro benzene ring substituents is 1. The van der Waals surface area contributed by atoms with Crippen molar-refractivity contribution < 1.29 is 10.0 Å². The molecule has 0 aliphatic heterocycles. The van der Waals surface area contributed by atoms with E-state index in [4.69, 9.17) is 5.11 Å². The molecule has 2 rings (SSSR count). The van der Waals surface area contributed by atoms with Crippen LogP contribution >= 0.6 is 0 Å². The lowest BCUT2D eigenvalue weighted by molar-refractivity contribution is -0.384. The maximum absolute atomic E-state index is 10.6. The molecule has 86 valence electrons. The molecule has 1 fully saturated rings. The molecule has 1 aromatic carbocycles. The van der Waals surface area contributed by atoms with Crippen molar-refractivity contribution in [2.24, 2.45) is 0 Å². The molecule has 0 spiro atoms. The predicted molar refractivity (Wildman–Crippen MR) is 59.0 cm³/mol. The van der Waals surface area contributed by atoms with Crippen molar-refractivity contribution >= 4 is 5.69 Å². The van der Waals surface area contributed by atoms with Gasteiger partial charge in [0, 0.05) is 24.7 Å². The number of nitrogens with one attached hydrogen (secondary N) is 1. The molecular weight excluding hydrogens is 208 g/mol. The molecule has 1 aromatic rings. The maximum Gasteiger partial charge on any atom is 0.269 e. The average Bonchev–Trinajstić information content (AvgIpc) is 2.23. The van der Waals surface area contributed by atoms with Crippen molar-refractivity contribution in [3.8, 4) is 0 Å². The fraction of sp³-hybridized carbons (Fsp3) is 0.455. The number of rotatable bonds is 4. The van der Waals surface area contributed by atoms with E-state index < -0.39 is 4.92 Å². The van der Waals surface area contributed by atoms with Crippen LogP contribution in [0.2, 0.25) is 0 Å². The van der Waals surface area contributed by atoms with Gasteiger partial charge in [0.1, 0.15) is 0 Å². The molecule has 16 heavy (non-hydrogen) atoms. The second kappa shape index (κ2) is 4.59. The monoisotopic (exact) mass is 222 g/mol. The number of hydrogen-bond donors (Lipinski definition) is 2. The van der Waals surface area contributed by atoms with Crippen LogP contribution in [0.25, 0.3) is 0 Å². The van der Waals surface area contributed by atoms with E-state index in [1.165, 1.54) is 6.07 Å². The van der Waals surface area contributed by atoms with Crippen LogP contribution in [0.5, 0.6) is 0 Å². The molecule has 0 atom stereocenters. The number of aliphatic hydroxyl groups is 1. The van der Waals surface area contributed by atoms with E-state index in [0.29, 0.717) is 12.6 Å². The SMILES string of the molecule is O=[N+]([O-])c1cccc(CNC2CC(O)C2)c1. The third-order valence-corrected chi connectivity index (χ3v) is 2.83. The molecule has 0 saturated heterocycles. The average molecular weight is 222 g/mol. The van der Waals surface area contributed by atoms with Crippen molar-refractivity contribution in [3.05, 3.63) is 39.9 Å². The van der Waals surface area contributed by atoms with Crippen molar-refractivity contribution in [1.82, 2.24) is 5.32 Å². The van der Waals surface area contributed by atoms with Crippen molar-refractivity contribution in [1.29, 1.82) is 0 Å². The Bertz CT molecular complexity index is 389. The highest BCUT2D eigenvalue weighted by Crippen LogP contribution is 2.20. The summed E-state index contributed by atoms with van der Waals surface area (Å²) in [5.74, 6) is 0. The zero-order valence-electron chi connectivity index (χ0n) is 8.80. The molecule has 5 heteroatoms. The molecule has 2 N–H and O–H groups in total. The van der Waals surface area contributed by atoms with E-state index in [1.54, 1.807) is 12.1 Å². The van der Waals surface area contributed by atoms with E-state index in [2.05, 4.69) is 5.32 Å². The minimum Gasteiger partial charge on any atom is -0.393 e. The Morgan fingerprint density at radius 3 is 2.88 bits per heavy atom. The summed E-state index contributed by atoms with van der Waals surface area (Å²) in [6.07, 6.45) is 1.37. The summed E-state index contributed by atoms with van der Waals surface area (Å²) >= 11 is 0. The molecule has 0 heterocycles. The van der Waals surface area contributed by atoms with Gasteiger partial charge in [-0.05, 0) is 18.4 Å². The number of non-ortho nitro benzene ring substituents is 1. The Balaban J connectivity index is 1.89. The lowest BCUT2D eigenvalue weighted by Gasteiger charge is -2.32. The summed E-state index contributed by atoms with van der Waals surface area (Å²) < 4.78 is 0. The fourth-order valence-corrected chi connectivity index (χ4v) is 1.80. The Labute approximate surface area is 93.2 Å². The lowest BCUT2D eigenvalue weighted by atomic mass is 9.89. The van der Waals surface area contributed by atoms with Crippen LogP contribution in [-0.4, -0.2) is 22.2 Å². The summed E-state index contributed by atoms with van der Waals surface area (Å²) in [4.78, 5) is 10.2. The minimum absolute atomic E-state index is 0.118. The summed E-state index contributed by atoms with van der Waals surface area (Å²) in [5.41, 5.74) is 1.02. The van der Waals surface area contributed by atoms with Crippen LogP contribution in [-0.2, 0) is 6.54 Å². The summed E-state index contributed by atoms with van der Waals surface area (Å²) in [5, 5.41) is 22.9. The standard InChI is InChI=1S/C11H14N2O3/c14-11-5-9(6-11)12-7-8-2-1-3-10(4-8)13(15)16/h1-4,9,11-12,14H,5-7H2. The molecular formula is C11H14N2O3. The number of nitro groups is 1. The second-order valence-corrected chi connectivity index (χ2v) is 4.13. The van der Waals surface area contributed by atoms with Crippen molar-refractivity contribution in [2.45, 2.75) is 31.5 Å². The Kier molecular flexibility index (Phi) is 3.17. The first-order valence-electron chi connectivity index (χ1n) is 5.30. The normalized spacial score (nSPS) is 23.8.